The van der Waals surface area contributed by atoms with Gasteiger partial charge >= 0.3 is 115 Å². The number of phenolic OH excluding ortho intramolecular Hbond substituents is 1. The van der Waals surface area contributed by atoms with Crippen molar-refractivity contribution in [3.8, 4) is 62.5 Å². The molecule has 9 aromatic rings. The van der Waals surface area contributed by atoms with Crippen molar-refractivity contribution >= 4 is 60.6 Å². The summed E-state index contributed by atoms with van der Waals surface area (Å²) < 4.78 is 91.5. The first kappa shape index (κ1) is 83.9. The first-order chi connectivity index (χ1) is 46.4. The predicted molar refractivity (Wildman–Crippen MR) is 359 cm³/mol. The van der Waals surface area contributed by atoms with Gasteiger partial charge in [0.1, 0.15) is 46.0 Å². The number of rotatable bonds is 20. The van der Waals surface area contributed by atoms with E-state index < -0.39 is 35.3 Å². The van der Waals surface area contributed by atoms with Gasteiger partial charge in [0, 0.05) is 94.4 Å². The number of aromatic nitrogens is 3. The number of ether oxygens (including phenoxy) is 2. The molecule has 0 bridgehead atoms. The molecule has 2 aliphatic heterocycles. The molecule has 4 amide bonds. The Hall–Kier alpha value is -7.55. The quantitative estimate of drug-likeness (QED) is 0.0181. The number of phenols is 1. The second-order valence-corrected chi connectivity index (χ2v) is 26.8. The number of carbonyl (C=O) groups excluding carboxylic acids is 5. The van der Waals surface area contributed by atoms with Gasteiger partial charge in [0.05, 0.1) is 37.5 Å². The SMILES string of the molecule is CS(=O)(=O)c1ccc(F)cc1.CS(=O)(=O)c1ccc(Oc2ccc(-c3cccc(C=O)n3)cc2)cc1.CS(=O)(=O)c1ccc(Oc2ccc(-c3cccc(CNCCN4CCNC4=O)n3)cc2)cc1.NCCN1CCNC1=O.O=CO[O-].O=Cc1cccc(-c2ccc(O)cc2)n1.[H-].[K+].[K+]. The van der Waals surface area contributed by atoms with Crippen LogP contribution in [0.1, 0.15) is 28.1 Å². The Labute approximate surface area is 659 Å². The minimum Gasteiger partial charge on any atom is -1.00 e. The molecule has 99 heavy (non-hydrogen) atoms. The number of amides is 4. The van der Waals surface area contributed by atoms with Gasteiger partial charge < -0.3 is 57.6 Å². The number of halogens is 1. The standard InChI is InChI=1S/C24H26N4O4S.C19H15NO4S.C12H9NO2.C7H7FO2S.C5H11N3O.CH2O3.2K.H/c1-33(30,31)22-11-9-21(10-12-22)32-20-7-5-18(6-8-20)23-4-2-3-19(27-23)17-25-13-15-28-16-14-26-24(28)29;1-25(22,23)18-11-9-17(10-12-18)24-16-7-5-14(6-8-16)19-4-2-3-15(13-21)20-19;14-8-10-2-1-3-12(13-10)9-4-6-11(15)7-5-9;1-11(9,10)7-4-2-6(8)3-5-7;6-1-3-8-4-2-7-5(8)9;2-1-4-3;;;/h2-12,25H,13-17H2,1H3,(H,26,29);2-13H,1H3;1-8,15H;2-5H,1H3;1-4,6H2,(H,7,9);1,3H;;;/q;;;;;;2*+1;-1/p-1. The average molecular weight is 1460 g/mol. The summed E-state index contributed by atoms with van der Waals surface area (Å²) in [5, 5.41) is 26.4. The number of pyridine rings is 3. The van der Waals surface area contributed by atoms with Crippen LogP contribution in [0.5, 0.6) is 28.7 Å². The number of nitrogens with two attached hydrogens (primary N) is 1. The molecule has 6 aromatic carbocycles. The fourth-order valence-electron chi connectivity index (χ4n) is 8.61. The molecule has 510 valence electrons. The van der Waals surface area contributed by atoms with Gasteiger partial charge in [0.25, 0.3) is 6.47 Å². The number of hydrogen-bond donors (Lipinski definition) is 5. The summed E-state index contributed by atoms with van der Waals surface area (Å²) in [5.41, 5.74) is 11.9. The number of nitrogens with one attached hydrogen (secondary N) is 3. The molecular weight excluding hydrogens is 1390 g/mol. The van der Waals surface area contributed by atoms with Crippen molar-refractivity contribution in [2.45, 2.75) is 21.2 Å². The van der Waals surface area contributed by atoms with Gasteiger partial charge in [-0.2, -0.15) is 0 Å². The van der Waals surface area contributed by atoms with Crippen LogP contribution in [0, 0.1) is 5.82 Å². The molecule has 0 spiro atoms. The number of nitrogens with zero attached hydrogens (tertiary/aromatic N) is 5. The van der Waals surface area contributed by atoms with Crippen LogP contribution in [0.2, 0.25) is 0 Å². The molecule has 25 nitrogen and oxygen atoms in total. The summed E-state index contributed by atoms with van der Waals surface area (Å²) in [6, 6.07) is 55.2. The van der Waals surface area contributed by atoms with Crippen molar-refractivity contribution in [3.63, 3.8) is 0 Å². The van der Waals surface area contributed by atoms with E-state index in [2.05, 4.69) is 30.8 Å². The van der Waals surface area contributed by atoms with Crippen LogP contribution < -0.4 is 139 Å². The Morgan fingerprint density at radius 2 is 0.879 bits per heavy atom. The zero-order valence-electron chi connectivity index (χ0n) is 55.6. The maximum atomic E-state index is 12.3. The van der Waals surface area contributed by atoms with Crippen molar-refractivity contribution in [1.29, 1.82) is 0 Å². The van der Waals surface area contributed by atoms with Crippen molar-refractivity contribution < 1.29 is 183 Å². The third-order valence-corrected chi connectivity index (χ3v) is 16.8. The fraction of sp³-hybridized carbons (Fsp3) is 0.176. The molecule has 11 rings (SSSR count). The Morgan fingerprint density at radius 3 is 1.22 bits per heavy atom. The van der Waals surface area contributed by atoms with Crippen LogP contribution >= 0.6 is 0 Å². The van der Waals surface area contributed by atoms with E-state index in [1.54, 1.807) is 94.7 Å². The van der Waals surface area contributed by atoms with E-state index >= 15 is 0 Å². The number of urea groups is 2. The molecule has 0 atom stereocenters. The monoisotopic (exact) mass is 1460 g/mol. The van der Waals surface area contributed by atoms with Gasteiger partial charge in [-0.25, -0.2) is 49.2 Å². The number of hydrogen-bond acceptors (Lipinski definition) is 21. The molecular formula is C68H70FK2N9O16S3. The van der Waals surface area contributed by atoms with Gasteiger partial charge in [-0.1, -0.05) is 18.2 Å². The van der Waals surface area contributed by atoms with Gasteiger partial charge in [0.15, 0.2) is 42.1 Å². The van der Waals surface area contributed by atoms with Gasteiger partial charge in [-0.3, -0.25) is 19.4 Å². The predicted octanol–water partition coefficient (Wildman–Crippen LogP) is 1.84. The number of benzene rings is 6. The Bertz CT molecular complexity index is 4420. The Morgan fingerprint density at radius 1 is 0.535 bits per heavy atom. The minimum absolute atomic E-state index is 0. The summed E-state index contributed by atoms with van der Waals surface area (Å²) in [4.78, 5) is 72.1. The first-order valence-corrected chi connectivity index (χ1v) is 35.0. The smallest absolute Gasteiger partial charge is 1.00 e. The normalized spacial score (nSPS) is 12.0. The molecule has 0 saturated carbocycles. The Balaban J connectivity index is 0.000000342. The van der Waals surface area contributed by atoms with E-state index in [0.717, 1.165) is 78.1 Å². The summed E-state index contributed by atoms with van der Waals surface area (Å²) >= 11 is 0. The molecule has 0 unspecified atom stereocenters. The van der Waals surface area contributed by atoms with E-state index in [-0.39, 0.29) is 143 Å². The molecule has 0 radical (unpaired) electrons. The van der Waals surface area contributed by atoms with E-state index in [1.165, 1.54) is 42.7 Å². The molecule has 2 saturated heterocycles. The molecule has 5 heterocycles. The number of aromatic hydroxyl groups is 1. The zero-order valence-corrected chi connectivity index (χ0v) is 63.3. The van der Waals surface area contributed by atoms with Gasteiger partial charge in [-0.15, -0.1) is 0 Å². The molecule has 31 heteroatoms. The zero-order chi connectivity index (χ0) is 70.4. The second-order valence-electron chi connectivity index (χ2n) is 20.8. The second kappa shape index (κ2) is 42.5. The van der Waals surface area contributed by atoms with Gasteiger partial charge in [0.2, 0.25) is 0 Å². The maximum absolute atomic E-state index is 12.3. The summed E-state index contributed by atoms with van der Waals surface area (Å²) in [6.07, 6.45) is 4.84. The summed E-state index contributed by atoms with van der Waals surface area (Å²) in [7, 11) is -9.64. The van der Waals surface area contributed by atoms with Crippen LogP contribution in [-0.2, 0) is 45.7 Å². The van der Waals surface area contributed by atoms with Crippen LogP contribution in [0.4, 0.5) is 14.0 Å². The summed E-state index contributed by atoms with van der Waals surface area (Å²) in [5.74, 6) is 2.15. The molecule has 6 N–H and O–H groups in total. The third-order valence-electron chi connectivity index (χ3n) is 13.5. The first-order valence-electron chi connectivity index (χ1n) is 29.3. The van der Waals surface area contributed by atoms with Crippen LogP contribution in [0.15, 0.2) is 215 Å². The Kier molecular flexibility index (Phi) is 36.0. The van der Waals surface area contributed by atoms with E-state index in [0.29, 0.717) is 91.9 Å². The topological polar surface area (TPSA) is 366 Å². The average Bonchev–Trinajstić information content (AvgIpc) is 0.970. The van der Waals surface area contributed by atoms with Crippen molar-refractivity contribution in [2.24, 2.45) is 5.73 Å². The van der Waals surface area contributed by atoms with E-state index in [1.807, 2.05) is 66.7 Å². The maximum Gasteiger partial charge on any atom is 1.00 e. The molecule has 2 fully saturated rings. The number of carbonyl (C=O) groups is 5. The fourth-order valence-corrected chi connectivity index (χ4v) is 10.5. The van der Waals surface area contributed by atoms with Crippen LogP contribution in [0.25, 0.3) is 33.8 Å². The summed E-state index contributed by atoms with van der Waals surface area (Å²) in [6.45, 7) is 6.06. The molecule has 2 aliphatic rings. The number of sulfone groups is 3. The van der Waals surface area contributed by atoms with Crippen molar-refractivity contribution in [1.82, 2.24) is 40.7 Å². The van der Waals surface area contributed by atoms with Crippen LogP contribution in [-0.4, -0.2) is 157 Å². The number of aldehydes is 2. The largest absolute Gasteiger partial charge is 1.00 e. The van der Waals surface area contributed by atoms with E-state index in [4.69, 9.17) is 35.3 Å². The van der Waals surface area contributed by atoms with E-state index in [9.17, 15) is 48.8 Å². The van der Waals surface area contributed by atoms with Crippen molar-refractivity contribution in [3.05, 3.63) is 223 Å². The van der Waals surface area contributed by atoms with Gasteiger partial charge in [-0.05, 0) is 182 Å². The van der Waals surface area contributed by atoms with Crippen LogP contribution in [0.3, 0.4) is 0 Å². The van der Waals surface area contributed by atoms with Crippen molar-refractivity contribution in [2.75, 3.05) is 71.1 Å². The molecule has 3 aromatic heterocycles. The minimum atomic E-state index is -3.23. The third kappa shape index (κ3) is 29.3. The molecule has 0 aliphatic carbocycles.